The van der Waals surface area contributed by atoms with E-state index in [1.807, 2.05) is 55.6 Å². The van der Waals surface area contributed by atoms with Gasteiger partial charge in [0.05, 0.1) is 22.2 Å². The molecule has 0 unspecified atom stereocenters. The topological polar surface area (TPSA) is 58.2 Å². The van der Waals surface area contributed by atoms with Crippen molar-refractivity contribution < 1.29 is 9.59 Å². The fourth-order valence-corrected chi connectivity index (χ4v) is 3.49. The van der Waals surface area contributed by atoms with Crippen LogP contribution in [-0.2, 0) is 0 Å². The Morgan fingerprint density at radius 1 is 0.923 bits per heavy atom. The monoisotopic (exact) mass is 364 g/mol. The van der Waals surface area contributed by atoms with Gasteiger partial charge in [0.1, 0.15) is 0 Å². The zero-order chi connectivity index (χ0) is 18.5. The molecule has 0 aliphatic heterocycles. The van der Waals surface area contributed by atoms with Gasteiger partial charge in [0.15, 0.2) is 0 Å². The summed E-state index contributed by atoms with van der Waals surface area (Å²) in [5.41, 5.74) is 2.89. The van der Waals surface area contributed by atoms with Crippen LogP contribution in [0.2, 0.25) is 0 Å². The Balaban J connectivity index is 1.77. The molecule has 2 amide bonds. The van der Waals surface area contributed by atoms with E-state index in [0.717, 1.165) is 11.1 Å². The Morgan fingerprint density at radius 3 is 2.31 bits per heavy atom. The van der Waals surface area contributed by atoms with E-state index in [1.54, 1.807) is 24.3 Å². The number of carbonyl (C=O) groups excluding carboxylic acids is 2. The largest absolute Gasteiger partial charge is 0.345 e. The molecule has 0 aliphatic carbocycles. The van der Waals surface area contributed by atoms with Crippen molar-refractivity contribution in [2.75, 3.05) is 5.32 Å². The van der Waals surface area contributed by atoms with Crippen LogP contribution in [0.25, 0.3) is 0 Å². The molecule has 5 heteroatoms. The van der Waals surface area contributed by atoms with Gasteiger partial charge in [-0.05, 0) is 48.6 Å². The molecular formula is C21H20N2O2S. The lowest BCUT2D eigenvalue weighted by Crippen LogP contribution is -2.28. The number of anilines is 1. The van der Waals surface area contributed by atoms with Crippen LogP contribution < -0.4 is 10.6 Å². The lowest BCUT2D eigenvalue weighted by Gasteiger charge is -2.16. The number of rotatable bonds is 5. The van der Waals surface area contributed by atoms with Crippen LogP contribution in [0.5, 0.6) is 0 Å². The van der Waals surface area contributed by atoms with Crippen LogP contribution in [0.4, 0.5) is 5.69 Å². The summed E-state index contributed by atoms with van der Waals surface area (Å²) in [4.78, 5) is 25.9. The molecule has 0 aliphatic rings. The third-order valence-electron chi connectivity index (χ3n) is 4.14. The molecule has 132 valence electrons. The molecule has 0 spiro atoms. The fourth-order valence-electron chi connectivity index (χ4n) is 2.67. The first-order valence-corrected chi connectivity index (χ1v) is 9.24. The number of hydrogen-bond donors (Lipinski definition) is 2. The molecule has 3 rings (SSSR count). The number of aryl methyl sites for hydroxylation is 1. The van der Waals surface area contributed by atoms with Crippen molar-refractivity contribution in [2.45, 2.75) is 19.9 Å². The number of amides is 2. The molecule has 0 fully saturated rings. The highest BCUT2D eigenvalue weighted by molar-refractivity contribution is 7.12. The van der Waals surface area contributed by atoms with Crippen LogP contribution in [0.15, 0.2) is 66.0 Å². The second kappa shape index (κ2) is 7.97. The molecule has 1 atom stereocenters. The number of carbonyl (C=O) groups is 2. The summed E-state index contributed by atoms with van der Waals surface area (Å²) in [5, 5.41) is 7.72. The molecule has 1 heterocycles. The summed E-state index contributed by atoms with van der Waals surface area (Å²) in [6.45, 7) is 3.83. The van der Waals surface area contributed by atoms with E-state index in [0.29, 0.717) is 16.1 Å². The summed E-state index contributed by atoms with van der Waals surface area (Å²) >= 11 is 1.39. The van der Waals surface area contributed by atoms with Crippen molar-refractivity contribution in [2.24, 2.45) is 0 Å². The highest BCUT2D eigenvalue weighted by Gasteiger charge is 2.17. The van der Waals surface area contributed by atoms with Gasteiger partial charge >= 0.3 is 0 Å². The number of nitrogens with one attached hydrogen (secondary N) is 2. The van der Waals surface area contributed by atoms with Gasteiger partial charge < -0.3 is 10.6 Å². The Labute approximate surface area is 156 Å². The maximum Gasteiger partial charge on any atom is 0.266 e. The average Bonchev–Trinajstić information content (AvgIpc) is 3.09. The van der Waals surface area contributed by atoms with Crippen LogP contribution in [0.3, 0.4) is 0 Å². The third kappa shape index (κ3) is 4.00. The lowest BCUT2D eigenvalue weighted by molar-refractivity contribution is 0.0941. The van der Waals surface area contributed by atoms with Gasteiger partial charge in [0.25, 0.3) is 11.8 Å². The molecule has 0 saturated heterocycles. The summed E-state index contributed by atoms with van der Waals surface area (Å²) in [7, 11) is 0. The normalized spacial score (nSPS) is 11.6. The van der Waals surface area contributed by atoms with Crippen LogP contribution in [0.1, 0.15) is 44.1 Å². The molecular weight excluding hydrogens is 344 g/mol. The molecule has 0 bridgehead atoms. The number of para-hydroxylation sites is 1. The molecule has 2 N–H and O–H groups in total. The molecule has 1 aromatic heterocycles. The van der Waals surface area contributed by atoms with Gasteiger partial charge in [-0.2, -0.15) is 0 Å². The van der Waals surface area contributed by atoms with Gasteiger partial charge in [-0.3, -0.25) is 9.59 Å². The van der Waals surface area contributed by atoms with Crippen molar-refractivity contribution in [3.63, 3.8) is 0 Å². The summed E-state index contributed by atoms with van der Waals surface area (Å²) < 4.78 is 0. The Morgan fingerprint density at radius 2 is 1.62 bits per heavy atom. The van der Waals surface area contributed by atoms with E-state index >= 15 is 0 Å². The molecule has 0 radical (unpaired) electrons. The van der Waals surface area contributed by atoms with Crippen molar-refractivity contribution in [1.29, 1.82) is 0 Å². The highest BCUT2D eigenvalue weighted by atomic mass is 32.1. The molecule has 3 aromatic rings. The second-order valence-electron chi connectivity index (χ2n) is 6.04. The van der Waals surface area contributed by atoms with Crippen molar-refractivity contribution >= 4 is 28.8 Å². The van der Waals surface area contributed by atoms with E-state index in [2.05, 4.69) is 10.6 Å². The maximum atomic E-state index is 12.7. The van der Waals surface area contributed by atoms with Gasteiger partial charge in [-0.15, -0.1) is 11.3 Å². The van der Waals surface area contributed by atoms with Gasteiger partial charge in [0, 0.05) is 0 Å². The number of thiophene rings is 1. The second-order valence-corrected chi connectivity index (χ2v) is 6.95. The molecule has 2 aromatic carbocycles. The van der Waals surface area contributed by atoms with E-state index in [9.17, 15) is 9.59 Å². The van der Waals surface area contributed by atoms with Crippen molar-refractivity contribution in [3.8, 4) is 0 Å². The van der Waals surface area contributed by atoms with Gasteiger partial charge in [0.2, 0.25) is 0 Å². The summed E-state index contributed by atoms with van der Waals surface area (Å²) in [6.07, 6.45) is 0. The smallest absolute Gasteiger partial charge is 0.266 e. The minimum absolute atomic E-state index is 0.132. The highest BCUT2D eigenvalue weighted by Crippen LogP contribution is 2.21. The van der Waals surface area contributed by atoms with Crippen molar-refractivity contribution in [3.05, 3.63) is 87.6 Å². The number of hydrogen-bond acceptors (Lipinski definition) is 3. The third-order valence-corrected chi connectivity index (χ3v) is 5.15. The van der Waals surface area contributed by atoms with Gasteiger partial charge in [-0.25, -0.2) is 0 Å². The fraction of sp³-hybridized carbons (Fsp3) is 0.143. The average molecular weight is 364 g/mol. The Hall–Kier alpha value is -2.92. The van der Waals surface area contributed by atoms with E-state index in [-0.39, 0.29) is 17.9 Å². The minimum atomic E-state index is -0.222. The summed E-state index contributed by atoms with van der Waals surface area (Å²) in [6, 6.07) is 18.6. The Kier molecular flexibility index (Phi) is 5.49. The predicted octanol–water partition coefficient (Wildman–Crippen LogP) is 4.80. The zero-order valence-corrected chi connectivity index (χ0v) is 15.5. The molecule has 0 saturated carbocycles. The number of benzene rings is 2. The minimum Gasteiger partial charge on any atom is -0.345 e. The SMILES string of the molecule is Cc1ccsc1C(=O)Nc1ccccc1C(=O)N[C@@H](C)c1ccccc1. The van der Waals surface area contributed by atoms with E-state index < -0.39 is 0 Å². The first-order chi connectivity index (χ1) is 12.6. The zero-order valence-electron chi connectivity index (χ0n) is 14.7. The van der Waals surface area contributed by atoms with E-state index in [1.165, 1.54) is 11.3 Å². The lowest BCUT2D eigenvalue weighted by atomic mass is 10.1. The van der Waals surface area contributed by atoms with Gasteiger partial charge in [-0.1, -0.05) is 42.5 Å². The van der Waals surface area contributed by atoms with E-state index in [4.69, 9.17) is 0 Å². The van der Waals surface area contributed by atoms with Crippen LogP contribution >= 0.6 is 11.3 Å². The molecule has 26 heavy (non-hydrogen) atoms. The predicted molar refractivity (Wildman–Crippen MR) is 106 cm³/mol. The molecule has 4 nitrogen and oxygen atoms in total. The first-order valence-electron chi connectivity index (χ1n) is 8.36. The summed E-state index contributed by atoms with van der Waals surface area (Å²) in [5.74, 6) is -0.422. The first kappa shape index (κ1) is 17.9. The van der Waals surface area contributed by atoms with Crippen LogP contribution in [-0.4, -0.2) is 11.8 Å². The maximum absolute atomic E-state index is 12.7. The standard InChI is InChI=1S/C21H20N2O2S/c1-14-12-13-26-19(14)21(25)23-18-11-7-6-10-17(18)20(24)22-15(2)16-8-4-3-5-9-16/h3-13,15H,1-2H3,(H,22,24)(H,23,25)/t15-/m0/s1. The van der Waals surface area contributed by atoms with Crippen LogP contribution in [0, 0.1) is 6.92 Å². The quantitative estimate of drug-likeness (QED) is 0.683. The van der Waals surface area contributed by atoms with Crippen molar-refractivity contribution in [1.82, 2.24) is 5.32 Å². The Bertz CT molecular complexity index is 919.